The third-order valence-electron chi connectivity index (χ3n) is 3.33. The van der Waals surface area contributed by atoms with Gasteiger partial charge in [-0.2, -0.15) is 0 Å². The molecule has 0 aliphatic carbocycles. The molecule has 3 nitrogen and oxygen atoms in total. The molecule has 2 heterocycles. The summed E-state index contributed by atoms with van der Waals surface area (Å²) in [6.07, 6.45) is 4.09. The van der Waals surface area contributed by atoms with Gasteiger partial charge in [-0.3, -0.25) is 0 Å². The third-order valence-corrected chi connectivity index (χ3v) is 3.33. The van der Waals surface area contributed by atoms with E-state index in [2.05, 4.69) is 38.1 Å². The van der Waals surface area contributed by atoms with Crippen LogP contribution in [0.25, 0.3) is 16.9 Å². The molecule has 0 unspecified atom stereocenters. The summed E-state index contributed by atoms with van der Waals surface area (Å²) in [5.41, 5.74) is 5.38. The zero-order valence-corrected chi connectivity index (χ0v) is 12.1. The summed E-state index contributed by atoms with van der Waals surface area (Å²) in [7, 11) is 0. The maximum absolute atomic E-state index is 5.72. The number of hydrogen-bond acceptors (Lipinski definition) is 2. The highest BCUT2D eigenvalue weighted by Crippen LogP contribution is 2.30. The van der Waals surface area contributed by atoms with E-state index in [0.29, 0.717) is 6.61 Å². The van der Waals surface area contributed by atoms with Crippen molar-refractivity contribution in [2.24, 2.45) is 0 Å². The molecule has 0 saturated carbocycles. The first kappa shape index (κ1) is 12.7. The van der Waals surface area contributed by atoms with Gasteiger partial charge in [0.2, 0.25) is 0 Å². The second-order valence-corrected chi connectivity index (χ2v) is 5.03. The summed E-state index contributed by atoms with van der Waals surface area (Å²) < 4.78 is 7.76. The highest BCUT2D eigenvalue weighted by atomic mass is 16.5. The summed E-state index contributed by atoms with van der Waals surface area (Å²) in [4.78, 5) is 4.71. The minimum Gasteiger partial charge on any atom is -0.493 e. The van der Waals surface area contributed by atoms with E-state index in [0.717, 1.165) is 22.7 Å². The van der Waals surface area contributed by atoms with Gasteiger partial charge in [0.15, 0.2) is 0 Å². The topological polar surface area (TPSA) is 26.5 Å². The largest absolute Gasteiger partial charge is 0.493 e. The van der Waals surface area contributed by atoms with Crippen LogP contribution in [0.5, 0.6) is 5.75 Å². The minimum atomic E-state index is 0.655. The number of hydrogen-bond donors (Lipinski definition) is 0. The number of imidazole rings is 1. The van der Waals surface area contributed by atoms with Gasteiger partial charge >= 0.3 is 0 Å². The molecule has 0 bridgehead atoms. The van der Waals surface area contributed by atoms with Gasteiger partial charge in [0.05, 0.1) is 12.3 Å². The molecule has 2 aromatic heterocycles. The molecule has 0 aliphatic heterocycles. The molecule has 0 amide bonds. The Kier molecular flexibility index (Phi) is 3.18. The Morgan fingerprint density at radius 1 is 1.10 bits per heavy atom. The quantitative estimate of drug-likeness (QED) is 0.716. The summed E-state index contributed by atoms with van der Waals surface area (Å²) in [6, 6.07) is 10.4. The first-order valence-corrected chi connectivity index (χ1v) is 6.86. The number of rotatable bonds is 3. The fourth-order valence-electron chi connectivity index (χ4n) is 2.34. The summed E-state index contributed by atoms with van der Waals surface area (Å²) in [5.74, 6) is 0.887. The molecule has 0 fully saturated rings. The van der Waals surface area contributed by atoms with Crippen molar-refractivity contribution in [1.82, 2.24) is 9.38 Å². The highest BCUT2D eigenvalue weighted by molar-refractivity contribution is 5.70. The second-order valence-electron chi connectivity index (χ2n) is 5.03. The normalized spacial score (nSPS) is 10.9. The molecule has 102 valence electrons. The van der Waals surface area contributed by atoms with Crippen molar-refractivity contribution < 1.29 is 4.74 Å². The van der Waals surface area contributed by atoms with Gasteiger partial charge in [-0.15, -0.1) is 0 Å². The predicted molar refractivity (Wildman–Crippen MR) is 81.3 cm³/mol. The van der Waals surface area contributed by atoms with Crippen molar-refractivity contribution in [3.05, 3.63) is 53.9 Å². The average Bonchev–Trinajstić information content (AvgIpc) is 2.83. The van der Waals surface area contributed by atoms with Crippen LogP contribution in [0.15, 0.2) is 42.7 Å². The summed E-state index contributed by atoms with van der Waals surface area (Å²) in [5, 5.41) is 0. The Morgan fingerprint density at radius 3 is 2.70 bits per heavy atom. The standard InChI is InChI=1S/C17H18N2O/c1-4-20-16-6-5-12(2)9-14(16)15-11-19-8-7-13(3)10-17(19)18-15/h5-11H,4H2,1-3H3. The first-order chi connectivity index (χ1) is 9.67. The van der Waals surface area contributed by atoms with Crippen molar-refractivity contribution in [2.75, 3.05) is 6.61 Å². The minimum absolute atomic E-state index is 0.655. The van der Waals surface area contributed by atoms with Crippen molar-refractivity contribution in [2.45, 2.75) is 20.8 Å². The molecule has 20 heavy (non-hydrogen) atoms. The molecule has 0 saturated heterocycles. The van der Waals surface area contributed by atoms with Gasteiger partial charge in [-0.25, -0.2) is 4.98 Å². The predicted octanol–water partition coefficient (Wildman–Crippen LogP) is 4.02. The second kappa shape index (κ2) is 5.00. The van der Waals surface area contributed by atoms with E-state index < -0.39 is 0 Å². The van der Waals surface area contributed by atoms with Gasteiger partial charge in [0.25, 0.3) is 0 Å². The van der Waals surface area contributed by atoms with Crippen LogP contribution in [0, 0.1) is 13.8 Å². The number of benzene rings is 1. The maximum atomic E-state index is 5.72. The van der Waals surface area contributed by atoms with Gasteiger partial charge < -0.3 is 9.14 Å². The molecule has 3 aromatic rings. The van der Waals surface area contributed by atoms with E-state index in [4.69, 9.17) is 9.72 Å². The van der Waals surface area contributed by atoms with Crippen molar-refractivity contribution >= 4 is 5.65 Å². The lowest BCUT2D eigenvalue weighted by atomic mass is 10.1. The zero-order valence-electron chi connectivity index (χ0n) is 12.1. The van der Waals surface area contributed by atoms with Crippen molar-refractivity contribution in [1.29, 1.82) is 0 Å². The molecular weight excluding hydrogens is 248 g/mol. The molecule has 0 aliphatic rings. The van der Waals surface area contributed by atoms with Gasteiger partial charge in [-0.1, -0.05) is 11.6 Å². The van der Waals surface area contributed by atoms with Crippen molar-refractivity contribution in [3.63, 3.8) is 0 Å². The first-order valence-electron chi connectivity index (χ1n) is 6.86. The average molecular weight is 266 g/mol. The smallest absolute Gasteiger partial charge is 0.137 e. The number of pyridine rings is 1. The summed E-state index contributed by atoms with van der Waals surface area (Å²) >= 11 is 0. The SMILES string of the molecule is CCOc1ccc(C)cc1-c1cn2ccc(C)cc2n1. The summed E-state index contributed by atoms with van der Waals surface area (Å²) in [6.45, 7) is 6.81. The lowest BCUT2D eigenvalue weighted by molar-refractivity contribution is 0.341. The van der Waals surface area contributed by atoms with E-state index in [-0.39, 0.29) is 0 Å². The lowest BCUT2D eigenvalue weighted by Gasteiger charge is -2.08. The number of ether oxygens (including phenoxy) is 1. The third kappa shape index (κ3) is 2.27. The Bertz CT molecular complexity index is 759. The number of nitrogens with zero attached hydrogens (tertiary/aromatic N) is 2. The lowest BCUT2D eigenvalue weighted by Crippen LogP contribution is -1.94. The van der Waals surface area contributed by atoms with Crippen LogP contribution >= 0.6 is 0 Å². The fourth-order valence-corrected chi connectivity index (χ4v) is 2.34. The molecule has 1 aromatic carbocycles. The Labute approximate surface area is 118 Å². The monoisotopic (exact) mass is 266 g/mol. The van der Waals surface area contributed by atoms with E-state index in [9.17, 15) is 0 Å². The molecule has 0 atom stereocenters. The fraction of sp³-hybridized carbons (Fsp3) is 0.235. The van der Waals surface area contributed by atoms with E-state index >= 15 is 0 Å². The van der Waals surface area contributed by atoms with E-state index in [1.165, 1.54) is 11.1 Å². The van der Waals surface area contributed by atoms with Crippen LogP contribution in [0.1, 0.15) is 18.1 Å². The van der Waals surface area contributed by atoms with Crippen LogP contribution in [0.2, 0.25) is 0 Å². The molecule has 0 radical (unpaired) electrons. The number of aryl methyl sites for hydroxylation is 2. The number of fused-ring (bicyclic) bond motifs is 1. The maximum Gasteiger partial charge on any atom is 0.137 e. The van der Waals surface area contributed by atoms with Gasteiger partial charge in [0.1, 0.15) is 11.4 Å². The van der Waals surface area contributed by atoms with E-state index in [1.807, 2.05) is 29.8 Å². The molecule has 0 spiro atoms. The Morgan fingerprint density at radius 2 is 1.90 bits per heavy atom. The molecule has 0 N–H and O–H groups in total. The number of aromatic nitrogens is 2. The van der Waals surface area contributed by atoms with Crippen LogP contribution in [-0.4, -0.2) is 16.0 Å². The van der Waals surface area contributed by atoms with E-state index in [1.54, 1.807) is 0 Å². The molecule has 3 rings (SSSR count). The van der Waals surface area contributed by atoms with Crippen LogP contribution in [0.4, 0.5) is 0 Å². The van der Waals surface area contributed by atoms with Crippen LogP contribution < -0.4 is 4.74 Å². The van der Waals surface area contributed by atoms with Gasteiger partial charge in [-0.05, 0) is 50.6 Å². The Hall–Kier alpha value is -2.29. The van der Waals surface area contributed by atoms with Crippen LogP contribution in [-0.2, 0) is 0 Å². The Balaban J connectivity index is 2.16. The molecule has 3 heteroatoms. The molecular formula is C17H18N2O. The highest BCUT2D eigenvalue weighted by Gasteiger charge is 2.10. The van der Waals surface area contributed by atoms with Crippen molar-refractivity contribution in [3.8, 4) is 17.0 Å². The van der Waals surface area contributed by atoms with Crippen LogP contribution in [0.3, 0.4) is 0 Å². The zero-order chi connectivity index (χ0) is 14.1. The van der Waals surface area contributed by atoms with Gasteiger partial charge in [0, 0.05) is 18.0 Å².